The molecule has 1 atom stereocenters. The molecular formula is C18H20ClNO2. The average Bonchev–Trinajstić information content (AvgIpc) is 2.73. The second kappa shape index (κ2) is 6.19. The smallest absolute Gasteiger partial charge is 0.176 e. The normalized spacial score (nSPS) is 18.7. The lowest BCUT2D eigenvalue weighted by Crippen LogP contribution is -2.28. The molecule has 4 heteroatoms. The van der Waals surface area contributed by atoms with Crippen molar-refractivity contribution in [3.63, 3.8) is 0 Å². The van der Waals surface area contributed by atoms with E-state index in [1.807, 2.05) is 18.2 Å². The molecule has 0 aromatic heterocycles. The molecule has 1 heterocycles. The molecule has 0 aliphatic carbocycles. The molecule has 0 saturated carbocycles. The Kier molecular flexibility index (Phi) is 4.27. The van der Waals surface area contributed by atoms with E-state index in [0.717, 1.165) is 37.2 Å². The van der Waals surface area contributed by atoms with Crippen LogP contribution in [-0.2, 0) is 6.42 Å². The molecule has 1 aliphatic rings. The number of nitrogens with zero attached hydrogens (tertiary/aromatic N) is 1. The molecule has 0 radical (unpaired) electrons. The van der Waals surface area contributed by atoms with Crippen molar-refractivity contribution in [3.05, 3.63) is 58.1 Å². The number of hydrogen-bond acceptors (Lipinski definition) is 3. The van der Waals surface area contributed by atoms with Crippen LogP contribution in [0.25, 0.3) is 0 Å². The molecule has 2 N–H and O–H groups in total. The van der Waals surface area contributed by atoms with Gasteiger partial charge in [0.2, 0.25) is 0 Å². The molecule has 2 aromatic rings. The van der Waals surface area contributed by atoms with E-state index in [4.69, 9.17) is 11.6 Å². The summed E-state index contributed by atoms with van der Waals surface area (Å²) in [6, 6.07) is 11.9. The van der Waals surface area contributed by atoms with E-state index >= 15 is 0 Å². The number of likely N-dealkylation sites (N-methyl/N-ethyl adjacent to an activating group) is 1. The van der Waals surface area contributed by atoms with Gasteiger partial charge in [-0.1, -0.05) is 48.9 Å². The fourth-order valence-electron chi connectivity index (χ4n) is 3.23. The largest absolute Gasteiger partial charge is 0.504 e. The van der Waals surface area contributed by atoms with Gasteiger partial charge in [-0.25, -0.2) is 0 Å². The van der Waals surface area contributed by atoms with Gasteiger partial charge in [-0.15, -0.1) is 0 Å². The Bertz CT molecular complexity index is 673. The topological polar surface area (TPSA) is 43.7 Å². The van der Waals surface area contributed by atoms with E-state index in [9.17, 15) is 10.2 Å². The van der Waals surface area contributed by atoms with Crippen molar-refractivity contribution in [3.8, 4) is 11.5 Å². The van der Waals surface area contributed by atoms with Crippen molar-refractivity contribution in [1.82, 2.24) is 4.90 Å². The maximum absolute atomic E-state index is 9.99. The summed E-state index contributed by atoms with van der Waals surface area (Å²) >= 11 is 6.30. The number of phenols is 2. The zero-order chi connectivity index (χ0) is 15.7. The first-order valence-electron chi connectivity index (χ1n) is 7.62. The number of halogens is 1. The maximum atomic E-state index is 9.99. The van der Waals surface area contributed by atoms with Gasteiger partial charge in [0.15, 0.2) is 11.5 Å². The van der Waals surface area contributed by atoms with Crippen LogP contribution in [0.2, 0.25) is 5.02 Å². The standard InChI is InChI=1S/C18H20ClNO2/c1-2-20-9-8-13-14(10-16(21)18(22)17(13)19)15(11-20)12-6-4-3-5-7-12/h3-7,10,15,21-22H,2,8-9,11H2,1H3/t15-/m1/s1. The van der Waals surface area contributed by atoms with Crippen LogP contribution in [0.3, 0.4) is 0 Å². The van der Waals surface area contributed by atoms with Gasteiger partial charge in [0, 0.05) is 19.0 Å². The van der Waals surface area contributed by atoms with Crippen molar-refractivity contribution >= 4 is 11.6 Å². The summed E-state index contributed by atoms with van der Waals surface area (Å²) in [7, 11) is 0. The van der Waals surface area contributed by atoms with Gasteiger partial charge >= 0.3 is 0 Å². The van der Waals surface area contributed by atoms with E-state index < -0.39 is 0 Å². The molecule has 0 spiro atoms. The molecule has 0 bridgehead atoms. The molecule has 3 nitrogen and oxygen atoms in total. The minimum Gasteiger partial charge on any atom is -0.504 e. The van der Waals surface area contributed by atoms with Gasteiger partial charge in [-0.05, 0) is 35.7 Å². The third-order valence-electron chi connectivity index (χ3n) is 4.50. The second-order valence-electron chi connectivity index (χ2n) is 5.73. The number of hydrogen-bond donors (Lipinski definition) is 2. The van der Waals surface area contributed by atoms with Crippen LogP contribution >= 0.6 is 11.6 Å². The summed E-state index contributed by atoms with van der Waals surface area (Å²) < 4.78 is 0. The van der Waals surface area contributed by atoms with E-state index in [0.29, 0.717) is 0 Å². The number of aromatic hydroxyl groups is 2. The van der Waals surface area contributed by atoms with Crippen molar-refractivity contribution in [1.29, 1.82) is 0 Å². The zero-order valence-corrected chi connectivity index (χ0v) is 13.3. The quantitative estimate of drug-likeness (QED) is 0.829. The zero-order valence-electron chi connectivity index (χ0n) is 12.6. The van der Waals surface area contributed by atoms with E-state index in [1.54, 1.807) is 6.07 Å². The summed E-state index contributed by atoms with van der Waals surface area (Å²) in [4.78, 5) is 2.38. The molecule has 116 valence electrons. The lowest BCUT2D eigenvalue weighted by molar-refractivity contribution is 0.291. The molecule has 2 aromatic carbocycles. The third-order valence-corrected chi connectivity index (χ3v) is 4.91. The summed E-state index contributed by atoms with van der Waals surface area (Å²) in [6.45, 7) is 4.90. The van der Waals surface area contributed by atoms with Gasteiger partial charge in [-0.2, -0.15) is 0 Å². The van der Waals surface area contributed by atoms with Crippen LogP contribution in [0, 0.1) is 0 Å². The molecular weight excluding hydrogens is 298 g/mol. The van der Waals surface area contributed by atoms with E-state index in [-0.39, 0.29) is 22.4 Å². The lowest BCUT2D eigenvalue weighted by atomic mass is 9.87. The van der Waals surface area contributed by atoms with Crippen LogP contribution < -0.4 is 0 Å². The highest BCUT2D eigenvalue weighted by molar-refractivity contribution is 6.33. The Morgan fingerprint density at radius 3 is 2.64 bits per heavy atom. The Hall–Kier alpha value is -1.71. The highest BCUT2D eigenvalue weighted by Crippen LogP contribution is 2.43. The first-order chi connectivity index (χ1) is 10.6. The molecule has 1 aliphatic heterocycles. The Morgan fingerprint density at radius 2 is 1.95 bits per heavy atom. The van der Waals surface area contributed by atoms with Crippen LogP contribution in [-0.4, -0.2) is 34.7 Å². The number of rotatable bonds is 2. The minimum absolute atomic E-state index is 0.141. The molecule has 0 unspecified atom stereocenters. The summed E-state index contributed by atoms with van der Waals surface area (Å²) in [5.74, 6) is -0.213. The monoisotopic (exact) mass is 317 g/mol. The lowest BCUT2D eigenvalue weighted by Gasteiger charge is -2.24. The SMILES string of the molecule is CCN1CCc2c(cc(O)c(O)c2Cl)[C@@H](c2ccccc2)C1. The molecule has 0 saturated heterocycles. The van der Waals surface area contributed by atoms with Crippen LogP contribution in [0.4, 0.5) is 0 Å². The first-order valence-corrected chi connectivity index (χ1v) is 8.00. The van der Waals surface area contributed by atoms with E-state index in [1.165, 1.54) is 5.56 Å². The van der Waals surface area contributed by atoms with Crippen molar-refractivity contribution in [2.75, 3.05) is 19.6 Å². The van der Waals surface area contributed by atoms with Gasteiger partial charge in [-0.3, -0.25) is 0 Å². The van der Waals surface area contributed by atoms with Gasteiger partial charge in [0.25, 0.3) is 0 Å². The van der Waals surface area contributed by atoms with Crippen molar-refractivity contribution in [2.45, 2.75) is 19.3 Å². The fraction of sp³-hybridized carbons (Fsp3) is 0.333. The number of phenolic OH excluding ortho intramolecular Hbond substituents is 2. The third kappa shape index (κ3) is 2.67. The highest BCUT2D eigenvalue weighted by Gasteiger charge is 2.27. The number of benzene rings is 2. The van der Waals surface area contributed by atoms with Crippen LogP contribution in [0.5, 0.6) is 11.5 Å². The maximum Gasteiger partial charge on any atom is 0.176 e. The van der Waals surface area contributed by atoms with Gasteiger partial charge in [0.1, 0.15) is 0 Å². The first kappa shape index (κ1) is 15.2. The van der Waals surface area contributed by atoms with Crippen LogP contribution in [0.15, 0.2) is 36.4 Å². The Balaban J connectivity index is 2.16. The molecule has 3 rings (SSSR count). The van der Waals surface area contributed by atoms with Gasteiger partial charge < -0.3 is 15.1 Å². The summed E-state index contributed by atoms with van der Waals surface area (Å²) in [6.07, 6.45) is 0.777. The molecule has 0 amide bonds. The minimum atomic E-state index is -0.211. The fourth-order valence-corrected chi connectivity index (χ4v) is 3.53. The van der Waals surface area contributed by atoms with Crippen LogP contribution in [0.1, 0.15) is 29.5 Å². The summed E-state index contributed by atoms with van der Waals surface area (Å²) in [5, 5.41) is 20.2. The predicted molar refractivity (Wildman–Crippen MR) is 88.9 cm³/mol. The molecule has 22 heavy (non-hydrogen) atoms. The molecule has 0 fully saturated rings. The Labute approximate surface area is 135 Å². The van der Waals surface area contributed by atoms with E-state index in [2.05, 4.69) is 24.0 Å². The van der Waals surface area contributed by atoms with Gasteiger partial charge in [0.05, 0.1) is 5.02 Å². The highest BCUT2D eigenvalue weighted by atomic mass is 35.5. The Morgan fingerprint density at radius 1 is 1.23 bits per heavy atom. The summed E-state index contributed by atoms with van der Waals surface area (Å²) in [5.41, 5.74) is 3.16. The predicted octanol–water partition coefficient (Wildman–Crippen LogP) is 3.76. The van der Waals surface area contributed by atoms with Crippen molar-refractivity contribution < 1.29 is 10.2 Å². The average molecular weight is 318 g/mol. The number of fused-ring (bicyclic) bond motifs is 1. The second-order valence-corrected chi connectivity index (χ2v) is 6.11. The van der Waals surface area contributed by atoms with Crippen molar-refractivity contribution in [2.24, 2.45) is 0 Å².